The van der Waals surface area contributed by atoms with E-state index in [4.69, 9.17) is 5.73 Å². The first kappa shape index (κ1) is 11.3. The summed E-state index contributed by atoms with van der Waals surface area (Å²) in [6, 6.07) is 0.493. The zero-order valence-electron chi connectivity index (χ0n) is 8.88. The van der Waals surface area contributed by atoms with Gasteiger partial charge in [0.15, 0.2) is 0 Å². The van der Waals surface area contributed by atoms with Gasteiger partial charge in [0.1, 0.15) is 0 Å². The molecule has 1 atom stereocenters. The predicted octanol–water partition coefficient (Wildman–Crippen LogP) is 0.966. The summed E-state index contributed by atoms with van der Waals surface area (Å²) in [4.78, 5) is 11.3. The van der Waals surface area contributed by atoms with Gasteiger partial charge in [-0.15, -0.1) is 0 Å². The normalized spacial score (nSPS) is 17.6. The molecule has 1 fully saturated rings. The van der Waals surface area contributed by atoms with Gasteiger partial charge in [-0.2, -0.15) is 0 Å². The van der Waals surface area contributed by atoms with Crippen molar-refractivity contribution in [2.45, 2.75) is 51.1 Å². The Balaban J connectivity index is 2.13. The van der Waals surface area contributed by atoms with Crippen LogP contribution in [0.25, 0.3) is 0 Å². The second kappa shape index (κ2) is 5.86. The molecule has 2 amide bonds. The molecule has 1 aliphatic carbocycles. The van der Waals surface area contributed by atoms with Crippen LogP contribution in [0.2, 0.25) is 0 Å². The summed E-state index contributed by atoms with van der Waals surface area (Å²) in [6.45, 7) is 2.66. The van der Waals surface area contributed by atoms with Crippen molar-refractivity contribution < 1.29 is 4.79 Å². The summed E-state index contributed by atoms with van der Waals surface area (Å²) >= 11 is 0. The monoisotopic (exact) mass is 199 g/mol. The third-order valence-corrected chi connectivity index (χ3v) is 2.44. The Kier molecular flexibility index (Phi) is 4.73. The lowest BCUT2D eigenvalue weighted by Gasteiger charge is -2.16. The van der Waals surface area contributed by atoms with Gasteiger partial charge in [-0.3, -0.25) is 0 Å². The lowest BCUT2D eigenvalue weighted by atomic mass is 10.1. The Bertz CT molecular complexity index is 180. The number of hydrogen-bond donors (Lipinski definition) is 3. The summed E-state index contributed by atoms with van der Waals surface area (Å²) in [5.41, 5.74) is 5.57. The third-order valence-electron chi connectivity index (χ3n) is 2.44. The molecule has 0 heterocycles. The smallest absolute Gasteiger partial charge is 0.315 e. The Morgan fingerprint density at radius 1 is 1.57 bits per heavy atom. The van der Waals surface area contributed by atoms with Crippen LogP contribution >= 0.6 is 0 Å². The average molecular weight is 199 g/mol. The molecular weight excluding hydrogens is 178 g/mol. The molecule has 0 aromatic rings. The van der Waals surface area contributed by atoms with Crippen LogP contribution < -0.4 is 16.4 Å². The van der Waals surface area contributed by atoms with E-state index in [2.05, 4.69) is 17.6 Å². The van der Waals surface area contributed by atoms with Gasteiger partial charge in [0.05, 0.1) is 0 Å². The van der Waals surface area contributed by atoms with Gasteiger partial charge in [0.25, 0.3) is 0 Å². The van der Waals surface area contributed by atoms with E-state index in [9.17, 15) is 4.79 Å². The van der Waals surface area contributed by atoms with E-state index in [-0.39, 0.29) is 12.1 Å². The molecule has 0 radical (unpaired) electrons. The van der Waals surface area contributed by atoms with E-state index in [1.165, 1.54) is 0 Å². The first-order valence-electron chi connectivity index (χ1n) is 5.53. The molecule has 0 aromatic carbocycles. The van der Waals surface area contributed by atoms with Crippen molar-refractivity contribution in [1.29, 1.82) is 0 Å². The molecule has 82 valence electrons. The van der Waals surface area contributed by atoms with Crippen LogP contribution in [0.3, 0.4) is 0 Å². The molecular formula is C10H21N3O. The number of carbonyl (C=O) groups excluding carboxylic acids is 1. The lowest BCUT2D eigenvalue weighted by molar-refractivity contribution is 0.236. The zero-order valence-corrected chi connectivity index (χ0v) is 8.88. The number of carbonyl (C=O) groups is 1. The molecule has 14 heavy (non-hydrogen) atoms. The number of amides is 2. The maximum Gasteiger partial charge on any atom is 0.315 e. The van der Waals surface area contributed by atoms with Gasteiger partial charge in [0.2, 0.25) is 0 Å². The van der Waals surface area contributed by atoms with Crippen LogP contribution in [-0.2, 0) is 0 Å². The van der Waals surface area contributed by atoms with E-state index in [0.29, 0.717) is 12.6 Å². The van der Waals surface area contributed by atoms with E-state index < -0.39 is 0 Å². The van der Waals surface area contributed by atoms with E-state index >= 15 is 0 Å². The maximum atomic E-state index is 11.3. The van der Waals surface area contributed by atoms with Crippen molar-refractivity contribution in [3.63, 3.8) is 0 Å². The van der Waals surface area contributed by atoms with E-state index in [0.717, 1.165) is 32.1 Å². The molecule has 0 bridgehead atoms. The van der Waals surface area contributed by atoms with Crippen LogP contribution in [0, 0.1) is 0 Å². The number of hydrogen-bond acceptors (Lipinski definition) is 2. The molecule has 0 aliphatic heterocycles. The van der Waals surface area contributed by atoms with Gasteiger partial charge in [-0.25, -0.2) is 4.79 Å². The van der Waals surface area contributed by atoms with E-state index in [1.54, 1.807) is 0 Å². The molecule has 1 saturated carbocycles. The van der Waals surface area contributed by atoms with Crippen LogP contribution in [-0.4, -0.2) is 24.7 Å². The van der Waals surface area contributed by atoms with Gasteiger partial charge < -0.3 is 16.4 Å². The zero-order chi connectivity index (χ0) is 10.4. The van der Waals surface area contributed by atoms with Crippen LogP contribution in [0.1, 0.15) is 39.0 Å². The Morgan fingerprint density at radius 3 is 2.79 bits per heavy atom. The first-order chi connectivity index (χ1) is 6.76. The summed E-state index contributed by atoms with van der Waals surface area (Å²) in [5, 5.41) is 5.79. The van der Waals surface area contributed by atoms with Gasteiger partial charge in [-0.1, -0.05) is 19.8 Å². The largest absolute Gasteiger partial charge is 0.335 e. The molecule has 0 spiro atoms. The number of urea groups is 1. The van der Waals surface area contributed by atoms with Crippen LogP contribution in [0.4, 0.5) is 4.79 Å². The number of unbranched alkanes of at least 4 members (excludes halogenated alkanes) is 1. The fourth-order valence-corrected chi connectivity index (χ4v) is 1.34. The van der Waals surface area contributed by atoms with Crippen molar-refractivity contribution in [2.75, 3.05) is 6.54 Å². The molecule has 1 rings (SSSR count). The highest BCUT2D eigenvalue weighted by molar-refractivity contribution is 5.74. The van der Waals surface area contributed by atoms with Gasteiger partial charge >= 0.3 is 6.03 Å². The second-order valence-electron chi connectivity index (χ2n) is 3.97. The summed E-state index contributed by atoms with van der Waals surface area (Å²) in [7, 11) is 0. The molecule has 4 N–H and O–H groups in total. The van der Waals surface area contributed by atoms with Gasteiger partial charge in [-0.05, 0) is 19.3 Å². The van der Waals surface area contributed by atoms with Crippen molar-refractivity contribution in [3.8, 4) is 0 Å². The highest BCUT2D eigenvalue weighted by Gasteiger charge is 2.23. The minimum atomic E-state index is -0.0564. The Labute approximate surface area is 85.6 Å². The lowest BCUT2D eigenvalue weighted by Crippen LogP contribution is -2.46. The van der Waals surface area contributed by atoms with Crippen LogP contribution in [0.15, 0.2) is 0 Å². The minimum absolute atomic E-state index is 0.0564. The predicted molar refractivity (Wildman–Crippen MR) is 57.1 cm³/mol. The summed E-state index contributed by atoms with van der Waals surface area (Å²) < 4.78 is 0. The summed E-state index contributed by atoms with van der Waals surface area (Å²) in [5.74, 6) is 0. The molecule has 1 aliphatic rings. The minimum Gasteiger partial charge on any atom is -0.335 e. The molecule has 4 nitrogen and oxygen atoms in total. The van der Waals surface area contributed by atoms with Crippen molar-refractivity contribution in [3.05, 3.63) is 0 Å². The van der Waals surface area contributed by atoms with Crippen molar-refractivity contribution >= 4 is 6.03 Å². The number of nitrogens with one attached hydrogen (secondary N) is 2. The Hall–Kier alpha value is -0.770. The fourth-order valence-electron chi connectivity index (χ4n) is 1.34. The quantitative estimate of drug-likeness (QED) is 0.596. The van der Waals surface area contributed by atoms with Crippen molar-refractivity contribution in [2.24, 2.45) is 5.73 Å². The van der Waals surface area contributed by atoms with Crippen LogP contribution in [0.5, 0.6) is 0 Å². The molecule has 1 unspecified atom stereocenters. The first-order valence-corrected chi connectivity index (χ1v) is 5.53. The van der Waals surface area contributed by atoms with E-state index in [1.807, 2.05) is 0 Å². The highest BCUT2D eigenvalue weighted by Crippen LogP contribution is 2.18. The third kappa shape index (κ3) is 4.46. The SMILES string of the molecule is CCCCC(CN)NC(=O)NC1CC1. The average Bonchev–Trinajstić information content (AvgIpc) is 2.95. The second-order valence-corrected chi connectivity index (χ2v) is 3.97. The highest BCUT2D eigenvalue weighted by atomic mass is 16.2. The molecule has 4 heteroatoms. The van der Waals surface area contributed by atoms with Gasteiger partial charge in [0, 0.05) is 18.6 Å². The standard InChI is InChI=1S/C10H21N3O/c1-2-3-4-9(7-11)13-10(14)12-8-5-6-8/h8-9H,2-7,11H2,1H3,(H2,12,13,14). The maximum absolute atomic E-state index is 11.3. The fraction of sp³-hybridized carbons (Fsp3) is 0.900. The Morgan fingerprint density at radius 2 is 2.29 bits per heavy atom. The molecule has 0 saturated heterocycles. The number of nitrogens with two attached hydrogens (primary N) is 1. The molecule has 0 aromatic heterocycles. The topological polar surface area (TPSA) is 67.1 Å². The number of rotatable bonds is 6. The summed E-state index contributed by atoms with van der Waals surface area (Å²) in [6.07, 6.45) is 5.48. The van der Waals surface area contributed by atoms with Crippen molar-refractivity contribution in [1.82, 2.24) is 10.6 Å².